The number of guanidine groups is 1. The van der Waals surface area contributed by atoms with E-state index in [4.69, 9.17) is 4.74 Å². The molecule has 0 saturated carbocycles. The number of nitrogens with one attached hydrogen (secondary N) is 1. The zero-order valence-corrected chi connectivity index (χ0v) is 19.5. The van der Waals surface area contributed by atoms with Crippen LogP contribution in [0, 0.1) is 5.41 Å². The SMILES string of the molecule is CN=C(NCc1cccc(-c2ccccn2)c1)N1CCCC2(CCCOC2)C1.I. The van der Waals surface area contributed by atoms with E-state index in [2.05, 4.69) is 44.5 Å². The molecule has 5 nitrogen and oxygen atoms in total. The first-order valence-electron chi connectivity index (χ1n) is 10.3. The number of nitrogens with zero attached hydrogens (tertiary/aromatic N) is 3. The van der Waals surface area contributed by atoms with Gasteiger partial charge in [-0.1, -0.05) is 24.3 Å². The number of hydrogen-bond acceptors (Lipinski definition) is 3. The van der Waals surface area contributed by atoms with Crippen LogP contribution in [-0.4, -0.2) is 49.2 Å². The number of pyridine rings is 1. The van der Waals surface area contributed by atoms with Gasteiger partial charge in [0, 0.05) is 50.5 Å². The van der Waals surface area contributed by atoms with E-state index in [0.29, 0.717) is 5.41 Å². The Hall–Kier alpha value is -1.67. The smallest absolute Gasteiger partial charge is 0.193 e. The second-order valence-corrected chi connectivity index (χ2v) is 8.00. The second-order valence-electron chi connectivity index (χ2n) is 8.00. The van der Waals surface area contributed by atoms with Crippen molar-refractivity contribution < 1.29 is 4.74 Å². The average Bonchev–Trinajstić information content (AvgIpc) is 2.76. The molecular formula is C23H31IN4O. The number of rotatable bonds is 3. The van der Waals surface area contributed by atoms with Gasteiger partial charge in [-0.2, -0.15) is 0 Å². The lowest BCUT2D eigenvalue weighted by Gasteiger charge is -2.45. The predicted octanol–water partition coefficient (Wildman–Crippen LogP) is 4.33. The molecule has 156 valence electrons. The number of piperidine rings is 1. The summed E-state index contributed by atoms with van der Waals surface area (Å²) in [5.74, 6) is 0.993. The van der Waals surface area contributed by atoms with Crippen molar-refractivity contribution in [2.75, 3.05) is 33.4 Å². The summed E-state index contributed by atoms with van der Waals surface area (Å²) < 4.78 is 5.82. The second kappa shape index (κ2) is 10.4. The van der Waals surface area contributed by atoms with Gasteiger partial charge in [0.05, 0.1) is 12.3 Å². The number of aliphatic imine (C=N–C) groups is 1. The van der Waals surface area contributed by atoms with E-state index in [1.807, 2.05) is 31.4 Å². The van der Waals surface area contributed by atoms with Crippen LogP contribution in [-0.2, 0) is 11.3 Å². The highest BCUT2D eigenvalue weighted by Crippen LogP contribution is 2.37. The van der Waals surface area contributed by atoms with Crippen LogP contribution >= 0.6 is 24.0 Å². The molecule has 1 aromatic heterocycles. The number of hydrogen-bond donors (Lipinski definition) is 1. The van der Waals surface area contributed by atoms with Crippen molar-refractivity contribution in [3.63, 3.8) is 0 Å². The van der Waals surface area contributed by atoms with Crippen molar-refractivity contribution in [3.8, 4) is 11.3 Å². The zero-order chi connectivity index (χ0) is 19.2. The topological polar surface area (TPSA) is 49.8 Å². The minimum Gasteiger partial charge on any atom is -0.381 e. The summed E-state index contributed by atoms with van der Waals surface area (Å²) in [5, 5.41) is 3.57. The molecule has 29 heavy (non-hydrogen) atoms. The summed E-state index contributed by atoms with van der Waals surface area (Å²) in [7, 11) is 1.88. The van der Waals surface area contributed by atoms with Crippen LogP contribution in [0.1, 0.15) is 31.2 Å². The van der Waals surface area contributed by atoms with Crippen LogP contribution in [0.3, 0.4) is 0 Å². The normalized spacial score (nSPS) is 22.2. The van der Waals surface area contributed by atoms with E-state index < -0.39 is 0 Å². The first kappa shape index (κ1) is 22.0. The summed E-state index contributed by atoms with van der Waals surface area (Å²) in [6.45, 7) is 4.68. The minimum absolute atomic E-state index is 0. The number of aromatic nitrogens is 1. The largest absolute Gasteiger partial charge is 0.381 e. The van der Waals surface area contributed by atoms with Crippen molar-refractivity contribution in [2.45, 2.75) is 32.2 Å². The van der Waals surface area contributed by atoms with Crippen LogP contribution in [0.4, 0.5) is 0 Å². The quantitative estimate of drug-likeness (QED) is 0.383. The van der Waals surface area contributed by atoms with E-state index in [-0.39, 0.29) is 24.0 Å². The molecule has 6 heteroatoms. The number of ether oxygens (including phenoxy) is 1. The number of likely N-dealkylation sites (tertiary alicyclic amines) is 1. The van der Waals surface area contributed by atoms with Crippen molar-refractivity contribution in [1.29, 1.82) is 0 Å². The van der Waals surface area contributed by atoms with Gasteiger partial charge in [-0.05, 0) is 49.4 Å². The Balaban J connectivity index is 0.00000240. The molecule has 2 aliphatic heterocycles. The lowest BCUT2D eigenvalue weighted by atomic mass is 9.76. The fourth-order valence-electron chi connectivity index (χ4n) is 4.51. The Morgan fingerprint density at radius 3 is 2.86 bits per heavy atom. The Kier molecular flexibility index (Phi) is 7.89. The lowest BCUT2D eigenvalue weighted by Crippen LogP contribution is -2.52. The Bertz CT molecular complexity index is 800. The molecule has 1 unspecified atom stereocenters. The molecule has 2 aliphatic rings. The molecule has 0 radical (unpaired) electrons. The molecule has 0 amide bonds. The summed E-state index contributed by atoms with van der Waals surface area (Å²) in [6, 6.07) is 14.6. The Labute approximate surface area is 191 Å². The Morgan fingerprint density at radius 2 is 2.10 bits per heavy atom. The van der Waals surface area contributed by atoms with Gasteiger partial charge in [-0.25, -0.2) is 0 Å². The third-order valence-corrected chi connectivity index (χ3v) is 5.92. The molecule has 0 aliphatic carbocycles. The van der Waals surface area contributed by atoms with E-state index >= 15 is 0 Å². The maximum absolute atomic E-state index is 5.82. The lowest BCUT2D eigenvalue weighted by molar-refractivity contribution is -0.0370. The molecule has 2 saturated heterocycles. The predicted molar refractivity (Wildman–Crippen MR) is 129 cm³/mol. The molecular weight excluding hydrogens is 475 g/mol. The highest BCUT2D eigenvalue weighted by atomic mass is 127. The molecule has 3 heterocycles. The van der Waals surface area contributed by atoms with E-state index in [9.17, 15) is 0 Å². The molecule has 1 spiro atoms. The van der Waals surface area contributed by atoms with Gasteiger partial charge in [0.2, 0.25) is 0 Å². The zero-order valence-electron chi connectivity index (χ0n) is 17.1. The van der Waals surface area contributed by atoms with Gasteiger partial charge in [-0.15, -0.1) is 24.0 Å². The van der Waals surface area contributed by atoms with Gasteiger partial charge < -0.3 is 15.0 Å². The van der Waals surface area contributed by atoms with Crippen molar-refractivity contribution in [2.24, 2.45) is 10.4 Å². The van der Waals surface area contributed by atoms with Crippen molar-refractivity contribution in [3.05, 3.63) is 54.2 Å². The van der Waals surface area contributed by atoms with Gasteiger partial charge in [0.1, 0.15) is 0 Å². The van der Waals surface area contributed by atoms with E-state index in [0.717, 1.165) is 50.1 Å². The Morgan fingerprint density at radius 1 is 1.21 bits per heavy atom. The summed E-state index contributed by atoms with van der Waals surface area (Å²) in [6.07, 6.45) is 6.77. The van der Waals surface area contributed by atoms with Crippen LogP contribution in [0.15, 0.2) is 53.7 Å². The van der Waals surface area contributed by atoms with Crippen molar-refractivity contribution >= 4 is 29.9 Å². The maximum Gasteiger partial charge on any atom is 0.193 e. The van der Waals surface area contributed by atoms with E-state index in [1.165, 1.54) is 31.2 Å². The highest BCUT2D eigenvalue weighted by molar-refractivity contribution is 14.0. The highest BCUT2D eigenvalue weighted by Gasteiger charge is 2.38. The van der Waals surface area contributed by atoms with Crippen LogP contribution in [0.25, 0.3) is 11.3 Å². The summed E-state index contributed by atoms with van der Waals surface area (Å²) >= 11 is 0. The molecule has 1 N–H and O–H groups in total. The number of halogens is 1. The first-order valence-corrected chi connectivity index (χ1v) is 10.3. The molecule has 0 bridgehead atoms. The van der Waals surface area contributed by atoms with Gasteiger partial charge >= 0.3 is 0 Å². The molecule has 1 aromatic carbocycles. The maximum atomic E-state index is 5.82. The average molecular weight is 506 g/mol. The van der Waals surface area contributed by atoms with Crippen molar-refractivity contribution in [1.82, 2.24) is 15.2 Å². The molecule has 2 fully saturated rings. The molecule has 4 rings (SSSR count). The first-order chi connectivity index (χ1) is 13.8. The van der Waals surface area contributed by atoms with Crippen LogP contribution < -0.4 is 5.32 Å². The van der Waals surface area contributed by atoms with Gasteiger partial charge in [-0.3, -0.25) is 9.98 Å². The third kappa shape index (κ3) is 5.48. The summed E-state index contributed by atoms with van der Waals surface area (Å²) in [4.78, 5) is 11.4. The number of benzene rings is 1. The minimum atomic E-state index is 0. The summed E-state index contributed by atoms with van der Waals surface area (Å²) in [5.41, 5.74) is 3.69. The monoisotopic (exact) mass is 506 g/mol. The fraction of sp³-hybridized carbons (Fsp3) is 0.478. The molecule has 2 aromatic rings. The fourth-order valence-corrected chi connectivity index (χ4v) is 4.51. The standard InChI is InChI=1S/C23H30N4O.HI/c1-24-22(27-13-5-10-23(17-27)11-6-14-28-18-23)26-16-19-7-4-8-20(15-19)21-9-2-3-12-25-21;/h2-4,7-9,12,15H,5-6,10-11,13-14,16-18H2,1H3,(H,24,26);1H. The van der Waals surface area contributed by atoms with Gasteiger partial charge in [0.15, 0.2) is 5.96 Å². The van der Waals surface area contributed by atoms with Crippen LogP contribution in [0.2, 0.25) is 0 Å². The van der Waals surface area contributed by atoms with E-state index in [1.54, 1.807) is 0 Å². The molecule has 1 atom stereocenters. The van der Waals surface area contributed by atoms with Gasteiger partial charge in [0.25, 0.3) is 0 Å². The third-order valence-electron chi connectivity index (χ3n) is 5.92. The van der Waals surface area contributed by atoms with Crippen LogP contribution in [0.5, 0.6) is 0 Å².